The van der Waals surface area contributed by atoms with Crippen LogP contribution in [0, 0.1) is 0 Å². The van der Waals surface area contributed by atoms with E-state index < -0.39 is 0 Å². The summed E-state index contributed by atoms with van der Waals surface area (Å²) >= 11 is 5.83. The van der Waals surface area contributed by atoms with E-state index in [0.29, 0.717) is 16.6 Å². The first kappa shape index (κ1) is 13.4. The minimum Gasteiger partial charge on any atom is -0.337 e. The minimum absolute atomic E-state index is 0.0860. The van der Waals surface area contributed by atoms with Crippen molar-refractivity contribution in [2.75, 3.05) is 19.6 Å². The molecule has 0 saturated carbocycles. The molecule has 1 atom stereocenters. The number of likely N-dealkylation sites (N-methyl/N-ethyl adjacent to an activating group) is 1. The van der Waals surface area contributed by atoms with Crippen LogP contribution in [0.15, 0.2) is 24.3 Å². The Kier molecular flexibility index (Phi) is 4.61. The first-order valence-corrected chi connectivity index (χ1v) is 6.86. The Hall–Kier alpha value is -1.06. The molecule has 1 fully saturated rings. The molecule has 1 saturated heterocycles. The van der Waals surface area contributed by atoms with Crippen molar-refractivity contribution in [3.05, 3.63) is 34.9 Å². The molecule has 3 nitrogen and oxygen atoms in total. The number of rotatable bonds is 4. The topological polar surface area (TPSA) is 32.3 Å². The molecule has 1 unspecified atom stereocenters. The van der Waals surface area contributed by atoms with Crippen LogP contribution < -0.4 is 5.32 Å². The number of nitrogens with one attached hydrogen (secondary N) is 1. The maximum atomic E-state index is 12.3. The van der Waals surface area contributed by atoms with Gasteiger partial charge in [-0.25, -0.2) is 0 Å². The number of carbonyl (C=O) groups excluding carboxylic acids is 1. The van der Waals surface area contributed by atoms with Gasteiger partial charge in [0.25, 0.3) is 5.91 Å². The summed E-state index contributed by atoms with van der Waals surface area (Å²) < 4.78 is 0. The van der Waals surface area contributed by atoms with Crippen LogP contribution in [-0.4, -0.2) is 36.5 Å². The van der Waals surface area contributed by atoms with E-state index in [-0.39, 0.29) is 5.91 Å². The quantitative estimate of drug-likeness (QED) is 0.908. The second-order valence-electron chi connectivity index (χ2n) is 4.64. The molecule has 2 rings (SSSR count). The largest absolute Gasteiger partial charge is 0.337 e. The van der Waals surface area contributed by atoms with Crippen LogP contribution in [0.4, 0.5) is 0 Å². The fourth-order valence-electron chi connectivity index (χ4n) is 2.31. The Labute approximate surface area is 113 Å². The van der Waals surface area contributed by atoms with Gasteiger partial charge in [0.05, 0.1) is 0 Å². The van der Waals surface area contributed by atoms with Crippen molar-refractivity contribution in [2.24, 2.45) is 0 Å². The maximum Gasteiger partial charge on any atom is 0.253 e. The van der Waals surface area contributed by atoms with Crippen molar-refractivity contribution in [2.45, 2.75) is 25.8 Å². The highest BCUT2D eigenvalue weighted by Crippen LogP contribution is 2.13. The first-order valence-electron chi connectivity index (χ1n) is 6.49. The van der Waals surface area contributed by atoms with Gasteiger partial charge in [0, 0.05) is 29.7 Å². The molecular weight excluding hydrogens is 248 g/mol. The van der Waals surface area contributed by atoms with E-state index in [9.17, 15) is 4.79 Å². The summed E-state index contributed by atoms with van der Waals surface area (Å²) in [5.74, 6) is 0.0860. The van der Waals surface area contributed by atoms with Crippen molar-refractivity contribution in [1.29, 1.82) is 0 Å². The summed E-state index contributed by atoms with van der Waals surface area (Å²) in [6.45, 7) is 4.61. The normalized spacial score (nSPS) is 18.9. The molecule has 18 heavy (non-hydrogen) atoms. The summed E-state index contributed by atoms with van der Waals surface area (Å²) in [4.78, 5) is 14.2. The summed E-state index contributed by atoms with van der Waals surface area (Å²) in [5.41, 5.74) is 0.708. The van der Waals surface area contributed by atoms with E-state index in [1.165, 1.54) is 6.42 Å². The molecule has 0 bridgehead atoms. The predicted molar refractivity (Wildman–Crippen MR) is 74.1 cm³/mol. The lowest BCUT2D eigenvalue weighted by Gasteiger charge is -2.24. The number of benzene rings is 1. The van der Waals surface area contributed by atoms with E-state index in [2.05, 4.69) is 5.32 Å². The van der Waals surface area contributed by atoms with E-state index in [1.807, 2.05) is 11.8 Å². The second kappa shape index (κ2) is 6.21. The van der Waals surface area contributed by atoms with Gasteiger partial charge >= 0.3 is 0 Å². The smallest absolute Gasteiger partial charge is 0.253 e. The Morgan fingerprint density at radius 2 is 2.17 bits per heavy atom. The third-order valence-corrected chi connectivity index (χ3v) is 3.62. The van der Waals surface area contributed by atoms with Crippen molar-refractivity contribution in [1.82, 2.24) is 10.2 Å². The number of hydrogen-bond donors (Lipinski definition) is 1. The van der Waals surface area contributed by atoms with E-state index >= 15 is 0 Å². The highest BCUT2D eigenvalue weighted by atomic mass is 35.5. The van der Waals surface area contributed by atoms with Crippen LogP contribution in [0.25, 0.3) is 0 Å². The monoisotopic (exact) mass is 266 g/mol. The Bertz CT molecular complexity index is 399. The summed E-state index contributed by atoms with van der Waals surface area (Å²) in [7, 11) is 0. The lowest BCUT2D eigenvalue weighted by Crippen LogP contribution is -2.41. The van der Waals surface area contributed by atoms with Gasteiger partial charge in [-0.2, -0.15) is 0 Å². The van der Waals surface area contributed by atoms with Crippen molar-refractivity contribution < 1.29 is 4.79 Å². The lowest BCUT2D eigenvalue weighted by atomic mass is 10.1. The number of hydrogen-bond acceptors (Lipinski definition) is 2. The molecule has 0 spiro atoms. The average Bonchev–Trinajstić information content (AvgIpc) is 2.89. The molecule has 1 aromatic carbocycles. The fourth-order valence-corrected chi connectivity index (χ4v) is 2.44. The third kappa shape index (κ3) is 3.24. The zero-order valence-corrected chi connectivity index (χ0v) is 11.4. The molecule has 0 radical (unpaired) electrons. The van der Waals surface area contributed by atoms with Gasteiger partial charge in [0.1, 0.15) is 0 Å². The summed E-state index contributed by atoms with van der Waals surface area (Å²) in [5, 5.41) is 4.08. The Morgan fingerprint density at radius 3 is 2.72 bits per heavy atom. The zero-order valence-electron chi connectivity index (χ0n) is 10.7. The van der Waals surface area contributed by atoms with Gasteiger partial charge in [-0.05, 0) is 50.6 Å². The molecule has 1 aliphatic heterocycles. The summed E-state index contributed by atoms with van der Waals surface area (Å²) in [6.07, 6.45) is 2.36. The lowest BCUT2D eigenvalue weighted by molar-refractivity contribution is 0.0751. The van der Waals surface area contributed by atoms with Crippen LogP contribution >= 0.6 is 11.6 Å². The van der Waals surface area contributed by atoms with Gasteiger partial charge < -0.3 is 10.2 Å². The van der Waals surface area contributed by atoms with E-state index in [0.717, 1.165) is 26.1 Å². The second-order valence-corrected chi connectivity index (χ2v) is 5.08. The Morgan fingerprint density at radius 1 is 1.44 bits per heavy atom. The molecule has 0 aliphatic carbocycles. The number of halogens is 1. The van der Waals surface area contributed by atoms with Crippen LogP contribution in [-0.2, 0) is 0 Å². The average molecular weight is 267 g/mol. The van der Waals surface area contributed by atoms with Gasteiger partial charge in [-0.1, -0.05) is 11.6 Å². The first-order chi connectivity index (χ1) is 8.70. The molecule has 1 N–H and O–H groups in total. The van der Waals surface area contributed by atoms with Crippen LogP contribution in [0.1, 0.15) is 30.1 Å². The SMILES string of the molecule is CCN(CC1CCCN1)C(=O)c1ccc(Cl)cc1. The molecule has 1 heterocycles. The molecule has 1 aromatic rings. The molecule has 4 heteroatoms. The highest BCUT2D eigenvalue weighted by Gasteiger charge is 2.21. The number of nitrogens with zero attached hydrogens (tertiary/aromatic N) is 1. The Balaban J connectivity index is 2.02. The van der Waals surface area contributed by atoms with Crippen LogP contribution in [0.3, 0.4) is 0 Å². The predicted octanol–water partition coefficient (Wildman–Crippen LogP) is 2.55. The third-order valence-electron chi connectivity index (χ3n) is 3.36. The molecular formula is C14H19ClN2O. The van der Waals surface area contributed by atoms with Crippen LogP contribution in [0.2, 0.25) is 5.02 Å². The molecule has 98 valence electrons. The van der Waals surface area contributed by atoms with Gasteiger partial charge in [-0.3, -0.25) is 4.79 Å². The maximum absolute atomic E-state index is 12.3. The van der Waals surface area contributed by atoms with Gasteiger partial charge in [-0.15, -0.1) is 0 Å². The van der Waals surface area contributed by atoms with Gasteiger partial charge in [0.15, 0.2) is 0 Å². The fraction of sp³-hybridized carbons (Fsp3) is 0.500. The number of carbonyl (C=O) groups is 1. The van der Waals surface area contributed by atoms with Crippen molar-refractivity contribution in [3.8, 4) is 0 Å². The zero-order chi connectivity index (χ0) is 13.0. The van der Waals surface area contributed by atoms with E-state index in [4.69, 9.17) is 11.6 Å². The molecule has 0 aromatic heterocycles. The van der Waals surface area contributed by atoms with E-state index in [1.54, 1.807) is 24.3 Å². The minimum atomic E-state index is 0.0860. The standard InChI is InChI=1S/C14H19ClN2O/c1-2-17(10-13-4-3-9-16-13)14(18)11-5-7-12(15)8-6-11/h5-8,13,16H,2-4,9-10H2,1H3. The molecule has 1 amide bonds. The highest BCUT2D eigenvalue weighted by molar-refractivity contribution is 6.30. The van der Waals surface area contributed by atoms with Crippen LogP contribution in [0.5, 0.6) is 0 Å². The summed E-state index contributed by atoms with van der Waals surface area (Å²) in [6, 6.07) is 7.54. The van der Waals surface area contributed by atoms with Crippen molar-refractivity contribution in [3.63, 3.8) is 0 Å². The molecule has 1 aliphatic rings. The van der Waals surface area contributed by atoms with Gasteiger partial charge in [0.2, 0.25) is 0 Å². The van der Waals surface area contributed by atoms with Crippen molar-refractivity contribution >= 4 is 17.5 Å². The number of amides is 1.